The molecule has 1 amide bonds. The minimum absolute atomic E-state index is 0.143. The molecule has 0 aliphatic rings. The van der Waals surface area contributed by atoms with Crippen LogP contribution in [0.15, 0.2) is 0 Å². The Hall–Kier alpha value is -0.220. The number of thiol groups is 1. The van der Waals surface area contributed by atoms with Gasteiger partial charge in [0, 0.05) is 7.05 Å². The number of nitrogens with zero attached hydrogens (tertiary/aromatic N) is 1. The number of amides is 1. The van der Waals surface area contributed by atoms with Gasteiger partial charge in [0.15, 0.2) is 0 Å². The summed E-state index contributed by atoms with van der Waals surface area (Å²) < 4.78 is 0. The quantitative estimate of drug-likeness (QED) is 0.424. The van der Waals surface area contributed by atoms with Gasteiger partial charge in [-0.1, -0.05) is 0 Å². The average molecular weight is 135 g/mol. The predicted molar refractivity (Wildman–Crippen MR) is 33.6 cm³/mol. The van der Waals surface area contributed by atoms with Gasteiger partial charge in [0.05, 0.1) is 12.9 Å². The summed E-state index contributed by atoms with van der Waals surface area (Å²) in [5.74, 6) is 0.0421. The molecule has 0 aromatic rings. The molecule has 0 bridgehead atoms. The lowest BCUT2D eigenvalue weighted by atomic mass is 10.7. The fraction of sp³-hybridized carbons (Fsp3) is 0.750. The van der Waals surface area contributed by atoms with Gasteiger partial charge in [-0.3, -0.25) is 9.63 Å². The van der Waals surface area contributed by atoms with Gasteiger partial charge in [-0.2, -0.15) is 12.6 Å². The highest BCUT2D eigenvalue weighted by molar-refractivity contribution is 7.81. The van der Waals surface area contributed by atoms with E-state index in [2.05, 4.69) is 17.5 Å². The molecule has 0 aliphatic carbocycles. The fourth-order valence-electron chi connectivity index (χ4n) is 0.201. The zero-order chi connectivity index (χ0) is 6.57. The van der Waals surface area contributed by atoms with Crippen LogP contribution in [0.1, 0.15) is 0 Å². The summed E-state index contributed by atoms with van der Waals surface area (Å²) in [5, 5.41) is 1.13. The molecular formula is C4H9NO2S. The lowest BCUT2D eigenvalue weighted by Crippen LogP contribution is -2.26. The van der Waals surface area contributed by atoms with Crippen molar-refractivity contribution in [2.75, 3.05) is 19.9 Å². The molecule has 0 saturated heterocycles. The summed E-state index contributed by atoms with van der Waals surface area (Å²) in [6, 6.07) is 0. The Morgan fingerprint density at radius 1 is 1.88 bits per heavy atom. The summed E-state index contributed by atoms with van der Waals surface area (Å²) in [4.78, 5) is 15.0. The zero-order valence-corrected chi connectivity index (χ0v) is 5.81. The molecule has 0 rings (SSSR count). The number of hydrogen-bond acceptors (Lipinski definition) is 3. The smallest absolute Gasteiger partial charge is 0.255 e. The van der Waals surface area contributed by atoms with E-state index in [-0.39, 0.29) is 11.7 Å². The SMILES string of the molecule is CON(C)C(=O)CS. The molecule has 0 aliphatic heterocycles. The second-order valence-corrected chi connectivity index (χ2v) is 1.55. The van der Waals surface area contributed by atoms with Gasteiger partial charge in [0.2, 0.25) is 0 Å². The van der Waals surface area contributed by atoms with Crippen LogP contribution in [-0.4, -0.2) is 30.9 Å². The molecule has 0 fully saturated rings. The molecule has 3 nitrogen and oxygen atoms in total. The van der Waals surface area contributed by atoms with Crippen molar-refractivity contribution >= 4 is 18.5 Å². The van der Waals surface area contributed by atoms with Crippen molar-refractivity contribution in [3.05, 3.63) is 0 Å². The first-order chi connectivity index (χ1) is 3.72. The van der Waals surface area contributed by atoms with Crippen LogP contribution >= 0.6 is 12.6 Å². The Morgan fingerprint density at radius 3 is 2.50 bits per heavy atom. The number of hydrogen-bond donors (Lipinski definition) is 1. The maximum atomic E-state index is 10.5. The molecule has 0 aromatic heterocycles. The monoisotopic (exact) mass is 135 g/mol. The van der Waals surface area contributed by atoms with Gasteiger partial charge >= 0.3 is 0 Å². The molecule has 0 spiro atoms. The van der Waals surface area contributed by atoms with Crippen molar-refractivity contribution < 1.29 is 9.63 Å². The third-order valence-corrected chi connectivity index (χ3v) is 1.03. The van der Waals surface area contributed by atoms with Crippen LogP contribution in [0, 0.1) is 0 Å². The molecule has 0 saturated carbocycles. The van der Waals surface area contributed by atoms with E-state index in [4.69, 9.17) is 0 Å². The molecule has 0 unspecified atom stereocenters. The zero-order valence-electron chi connectivity index (χ0n) is 4.92. The van der Waals surface area contributed by atoms with Crippen molar-refractivity contribution in [2.24, 2.45) is 0 Å². The van der Waals surface area contributed by atoms with E-state index in [9.17, 15) is 4.79 Å². The van der Waals surface area contributed by atoms with Crippen LogP contribution in [0.5, 0.6) is 0 Å². The molecular weight excluding hydrogens is 126 g/mol. The number of hydroxylamine groups is 2. The largest absolute Gasteiger partial charge is 0.275 e. The maximum absolute atomic E-state index is 10.5. The van der Waals surface area contributed by atoms with E-state index in [1.807, 2.05) is 0 Å². The van der Waals surface area contributed by atoms with Crippen LogP contribution in [0.2, 0.25) is 0 Å². The molecule has 4 heteroatoms. The van der Waals surface area contributed by atoms with Crippen LogP contribution < -0.4 is 0 Å². The standard InChI is InChI=1S/C4H9NO2S/c1-5(7-2)4(6)3-8/h8H,3H2,1-2H3. The lowest BCUT2D eigenvalue weighted by molar-refractivity contribution is -0.165. The minimum Gasteiger partial charge on any atom is -0.275 e. The highest BCUT2D eigenvalue weighted by atomic mass is 32.1. The Labute approximate surface area is 54.0 Å². The molecule has 0 atom stereocenters. The number of carbonyl (C=O) groups is 1. The molecule has 0 N–H and O–H groups in total. The van der Waals surface area contributed by atoms with Gasteiger partial charge < -0.3 is 0 Å². The third-order valence-electron chi connectivity index (χ3n) is 0.760. The van der Waals surface area contributed by atoms with Crippen molar-refractivity contribution in [2.45, 2.75) is 0 Å². The van der Waals surface area contributed by atoms with E-state index in [1.165, 1.54) is 7.11 Å². The van der Waals surface area contributed by atoms with Gasteiger partial charge in [0.25, 0.3) is 5.91 Å². The number of rotatable bonds is 2. The maximum Gasteiger partial charge on any atom is 0.255 e. The van der Waals surface area contributed by atoms with Crippen molar-refractivity contribution in [1.82, 2.24) is 5.06 Å². The third kappa shape index (κ3) is 2.18. The van der Waals surface area contributed by atoms with Gasteiger partial charge in [0.1, 0.15) is 0 Å². The highest BCUT2D eigenvalue weighted by Crippen LogP contribution is 1.84. The molecule has 0 aromatic carbocycles. The Kier molecular flexibility index (Phi) is 3.64. The Morgan fingerprint density at radius 2 is 2.38 bits per heavy atom. The topological polar surface area (TPSA) is 29.5 Å². The summed E-state index contributed by atoms with van der Waals surface area (Å²) in [5.41, 5.74) is 0. The van der Waals surface area contributed by atoms with Crippen LogP contribution in [0.3, 0.4) is 0 Å². The summed E-state index contributed by atoms with van der Waals surface area (Å²) in [6.07, 6.45) is 0. The average Bonchev–Trinajstić information content (AvgIpc) is 1.84. The van der Waals surface area contributed by atoms with E-state index < -0.39 is 0 Å². The molecule has 48 valence electrons. The summed E-state index contributed by atoms with van der Waals surface area (Å²) in [6.45, 7) is 0. The second kappa shape index (κ2) is 3.74. The van der Waals surface area contributed by atoms with Gasteiger partial charge in [-0.05, 0) is 0 Å². The normalized spacial score (nSPS) is 8.88. The van der Waals surface area contributed by atoms with Crippen molar-refractivity contribution in [1.29, 1.82) is 0 Å². The first-order valence-corrected chi connectivity index (χ1v) is 2.77. The van der Waals surface area contributed by atoms with E-state index in [0.29, 0.717) is 0 Å². The van der Waals surface area contributed by atoms with Crippen molar-refractivity contribution in [3.8, 4) is 0 Å². The van der Waals surface area contributed by atoms with Crippen molar-refractivity contribution in [3.63, 3.8) is 0 Å². The fourth-order valence-corrected chi connectivity index (χ4v) is 0.401. The second-order valence-electron chi connectivity index (χ2n) is 1.23. The minimum atomic E-state index is -0.143. The lowest BCUT2D eigenvalue weighted by Gasteiger charge is -2.10. The Bertz CT molecular complexity index is 86.1. The highest BCUT2D eigenvalue weighted by Gasteiger charge is 2.01. The van der Waals surface area contributed by atoms with Crippen LogP contribution in [0.4, 0.5) is 0 Å². The predicted octanol–water partition coefficient (Wildman–Crippen LogP) is -0.0640. The summed E-state index contributed by atoms with van der Waals surface area (Å²) in [7, 11) is 2.97. The van der Waals surface area contributed by atoms with E-state index in [1.54, 1.807) is 7.05 Å². The van der Waals surface area contributed by atoms with Crippen LogP contribution in [-0.2, 0) is 9.63 Å². The molecule has 8 heavy (non-hydrogen) atoms. The first kappa shape index (κ1) is 7.78. The van der Waals surface area contributed by atoms with E-state index >= 15 is 0 Å². The number of carbonyl (C=O) groups excluding carboxylic acids is 1. The molecule has 0 radical (unpaired) electrons. The van der Waals surface area contributed by atoms with Gasteiger partial charge in [-0.25, -0.2) is 5.06 Å². The van der Waals surface area contributed by atoms with Crippen LogP contribution in [0.25, 0.3) is 0 Å². The van der Waals surface area contributed by atoms with E-state index in [0.717, 1.165) is 5.06 Å². The summed E-state index contributed by atoms with van der Waals surface area (Å²) >= 11 is 3.74. The first-order valence-electron chi connectivity index (χ1n) is 2.14. The molecule has 0 heterocycles. The Balaban J connectivity index is 3.46. The van der Waals surface area contributed by atoms with Gasteiger partial charge in [-0.15, -0.1) is 0 Å².